The average molecular weight is 469 g/mol. The van der Waals surface area contributed by atoms with Gasteiger partial charge in [-0.3, -0.25) is 0 Å². The predicted octanol–water partition coefficient (Wildman–Crippen LogP) is 8.93. The Kier molecular flexibility index (Phi) is 7.01. The summed E-state index contributed by atoms with van der Waals surface area (Å²) in [5.41, 5.74) is 2.42. The summed E-state index contributed by atoms with van der Waals surface area (Å²) in [6.45, 7) is 2.18. The normalized spacial score (nSPS) is 11.8. The van der Waals surface area contributed by atoms with Crippen LogP contribution in [-0.2, 0) is 25.4 Å². The summed E-state index contributed by atoms with van der Waals surface area (Å²) in [4.78, 5) is 0. The van der Waals surface area contributed by atoms with Gasteiger partial charge in [-0.25, -0.2) is 8.78 Å². The Morgan fingerprint density at radius 3 is 1.97 bits per heavy atom. The van der Waals surface area contributed by atoms with Crippen LogP contribution in [0.4, 0.5) is 22.0 Å². The standard InChI is InChI=1S/C29H25F5/c1-2-3-4-19-5-7-20(8-6-19)9-10-21-11-14-24-22(17-21)12-15-25(28(24)31)23-13-16-26(27(30)18-23)29(32,33)34/h5-8,11-18H,2-4,9-10H2,1H3. The van der Waals surface area contributed by atoms with E-state index in [1.807, 2.05) is 12.1 Å². The van der Waals surface area contributed by atoms with Crippen LogP contribution in [0, 0.1) is 11.6 Å². The molecule has 0 unspecified atom stereocenters. The minimum absolute atomic E-state index is 0.0658. The zero-order valence-electron chi connectivity index (χ0n) is 18.9. The van der Waals surface area contributed by atoms with Gasteiger partial charge in [0.05, 0.1) is 5.56 Å². The third kappa shape index (κ3) is 5.30. The molecule has 0 N–H and O–H groups in total. The second-order valence-electron chi connectivity index (χ2n) is 8.60. The van der Waals surface area contributed by atoms with Crippen molar-refractivity contribution in [1.82, 2.24) is 0 Å². The molecule has 0 spiro atoms. The maximum atomic E-state index is 15.2. The Labute approximate surface area is 196 Å². The van der Waals surface area contributed by atoms with Gasteiger partial charge in [-0.15, -0.1) is 0 Å². The summed E-state index contributed by atoms with van der Waals surface area (Å²) < 4.78 is 67.7. The van der Waals surface area contributed by atoms with Crippen LogP contribution < -0.4 is 0 Å². The highest BCUT2D eigenvalue weighted by atomic mass is 19.4. The highest BCUT2D eigenvalue weighted by Crippen LogP contribution is 2.35. The molecule has 0 fully saturated rings. The van der Waals surface area contributed by atoms with E-state index in [2.05, 4.69) is 31.2 Å². The molecule has 34 heavy (non-hydrogen) atoms. The van der Waals surface area contributed by atoms with Crippen molar-refractivity contribution in [3.63, 3.8) is 0 Å². The molecule has 0 aliphatic heterocycles. The third-order valence-corrected chi connectivity index (χ3v) is 6.15. The minimum Gasteiger partial charge on any atom is -0.206 e. The van der Waals surface area contributed by atoms with Gasteiger partial charge in [-0.2, -0.15) is 13.2 Å². The largest absolute Gasteiger partial charge is 0.419 e. The van der Waals surface area contributed by atoms with Crippen LogP contribution in [0.25, 0.3) is 21.9 Å². The quantitative estimate of drug-likeness (QED) is 0.238. The van der Waals surface area contributed by atoms with E-state index in [4.69, 9.17) is 0 Å². The first-order chi connectivity index (χ1) is 16.3. The number of aryl methyl sites for hydroxylation is 3. The van der Waals surface area contributed by atoms with E-state index >= 15 is 4.39 Å². The second-order valence-corrected chi connectivity index (χ2v) is 8.60. The molecule has 0 bridgehead atoms. The number of alkyl halides is 3. The van der Waals surface area contributed by atoms with Crippen molar-refractivity contribution in [3.8, 4) is 11.1 Å². The van der Waals surface area contributed by atoms with E-state index in [-0.39, 0.29) is 11.1 Å². The van der Waals surface area contributed by atoms with Gasteiger partial charge in [0, 0.05) is 10.9 Å². The minimum atomic E-state index is -4.79. The first-order valence-electron chi connectivity index (χ1n) is 11.4. The predicted molar refractivity (Wildman–Crippen MR) is 127 cm³/mol. The maximum absolute atomic E-state index is 15.2. The van der Waals surface area contributed by atoms with Crippen molar-refractivity contribution in [2.75, 3.05) is 0 Å². The van der Waals surface area contributed by atoms with Crippen molar-refractivity contribution >= 4 is 10.8 Å². The number of halogens is 5. The van der Waals surface area contributed by atoms with Gasteiger partial charge in [0.25, 0.3) is 0 Å². The lowest BCUT2D eigenvalue weighted by Gasteiger charge is -2.12. The molecule has 0 radical (unpaired) electrons. The summed E-state index contributed by atoms with van der Waals surface area (Å²) in [6, 6.07) is 19.8. The van der Waals surface area contributed by atoms with E-state index in [1.54, 1.807) is 12.1 Å². The summed E-state index contributed by atoms with van der Waals surface area (Å²) in [7, 11) is 0. The third-order valence-electron chi connectivity index (χ3n) is 6.15. The van der Waals surface area contributed by atoms with Crippen molar-refractivity contribution in [2.24, 2.45) is 0 Å². The Bertz CT molecular complexity index is 1290. The molecule has 0 aliphatic carbocycles. The fourth-order valence-corrected chi connectivity index (χ4v) is 4.17. The van der Waals surface area contributed by atoms with Gasteiger partial charge in [0.15, 0.2) is 0 Å². The molecular formula is C29H25F5. The molecule has 0 aromatic heterocycles. The molecule has 4 aromatic carbocycles. The summed E-state index contributed by atoms with van der Waals surface area (Å²) in [5, 5.41) is 1.04. The fraction of sp³-hybridized carbons (Fsp3) is 0.241. The highest BCUT2D eigenvalue weighted by Gasteiger charge is 2.34. The number of fused-ring (bicyclic) bond motifs is 1. The van der Waals surface area contributed by atoms with Crippen LogP contribution in [-0.4, -0.2) is 0 Å². The molecular weight excluding hydrogens is 443 g/mol. The van der Waals surface area contributed by atoms with Crippen LogP contribution in [0.1, 0.15) is 42.0 Å². The number of hydrogen-bond donors (Lipinski definition) is 0. The summed E-state index contributed by atoms with van der Waals surface area (Å²) in [5.74, 6) is -2.00. The molecule has 0 heterocycles. The van der Waals surface area contributed by atoms with Crippen LogP contribution in [0.15, 0.2) is 72.8 Å². The van der Waals surface area contributed by atoms with Gasteiger partial charge in [0.2, 0.25) is 0 Å². The first-order valence-corrected chi connectivity index (χ1v) is 11.4. The number of hydrogen-bond acceptors (Lipinski definition) is 0. The summed E-state index contributed by atoms with van der Waals surface area (Å²) >= 11 is 0. The zero-order valence-corrected chi connectivity index (χ0v) is 18.9. The van der Waals surface area contributed by atoms with E-state index < -0.39 is 23.4 Å². The molecule has 176 valence electrons. The van der Waals surface area contributed by atoms with Gasteiger partial charge >= 0.3 is 6.18 Å². The Hall–Kier alpha value is -3.21. The molecule has 0 nitrogen and oxygen atoms in total. The average Bonchev–Trinajstić information content (AvgIpc) is 2.81. The highest BCUT2D eigenvalue weighted by molar-refractivity contribution is 5.88. The molecule has 0 saturated heterocycles. The molecule has 0 amide bonds. The van der Waals surface area contributed by atoms with Crippen molar-refractivity contribution in [3.05, 3.63) is 107 Å². The smallest absolute Gasteiger partial charge is 0.206 e. The number of benzene rings is 4. The Morgan fingerprint density at radius 1 is 0.676 bits per heavy atom. The van der Waals surface area contributed by atoms with Crippen LogP contribution in [0.2, 0.25) is 0 Å². The molecule has 5 heteroatoms. The van der Waals surface area contributed by atoms with Crippen LogP contribution >= 0.6 is 0 Å². The van der Waals surface area contributed by atoms with Gasteiger partial charge in [-0.05, 0) is 65.5 Å². The second kappa shape index (κ2) is 9.96. The van der Waals surface area contributed by atoms with Gasteiger partial charge in [0.1, 0.15) is 11.6 Å². The first kappa shape index (κ1) is 23.9. The SMILES string of the molecule is CCCCc1ccc(CCc2ccc3c(F)c(-c4ccc(C(F)(F)F)c(F)c4)ccc3c2)cc1. The Morgan fingerprint density at radius 2 is 1.32 bits per heavy atom. The molecule has 0 atom stereocenters. The van der Waals surface area contributed by atoms with Gasteiger partial charge in [-0.1, -0.05) is 74.0 Å². The lowest BCUT2D eigenvalue weighted by atomic mass is 9.96. The molecule has 0 aliphatic rings. The van der Waals surface area contributed by atoms with Crippen molar-refractivity contribution < 1.29 is 22.0 Å². The number of rotatable bonds is 7. The lowest BCUT2D eigenvalue weighted by Crippen LogP contribution is -2.07. The lowest BCUT2D eigenvalue weighted by molar-refractivity contribution is -0.139. The van der Waals surface area contributed by atoms with Crippen LogP contribution in [0.3, 0.4) is 0 Å². The van der Waals surface area contributed by atoms with Crippen molar-refractivity contribution in [2.45, 2.75) is 45.2 Å². The fourth-order valence-electron chi connectivity index (χ4n) is 4.17. The number of unbranched alkanes of at least 4 members (excludes halogenated alkanes) is 1. The van der Waals surface area contributed by atoms with Gasteiger partial charge < -0.3 is 0 Å². The monoisotopic (exact) mass is 468 g/mol. The molecule has 0 saturated carbocycles. The van der Waals surface area contributed by atoms with E-state index in [9.17, 15) is 17.6 Å². The molecule has 4 aromatic rings. The zero-order chi connectivity index (χ0) is 24.3. The summed E-state index contributed by atoms with van der Waals surface area (Å²) in [6.07, 6.45) is 0.324. The van der Waals surface area contributed by atoms with E-state index in [0.29, 0.717) is 16.8 Å². The van der Waals surface area contributed by atoms with Crippen molar-refractivity contribution in [1.29, 1.82) is 0 Å². The van der Waals surface area contributed by atoms with E-state index in [0.717, 1.165) is 37.0 Å². The maximum Gasteiger partial charge on any atom is 0.419 e. The Balaban J connectivity index is 1.52. The molecule has 4 rings (SSSR count). The van der Waals surface area contributed by atoms with E-state index in [1.165, 1.54) is 30.0 Å². The topological polar surface area (TPSA) is 0 Å². The van der Waals surface area contributed by atoms with Crippen LogP contribution in [0.5, 0.6) is 0 Å².